The van der Waals surface area contributed by atoms with Crippen LogP contribution in [-0.2, 0) is 0 Å². The van der Waals surface area contributed by atoms with Crippen molar-refractivity contribution in [2.75, 3.05) is 23.0 Å². The molecule has 1 aromatic heterocycles. The second-order valence-electron chi connectivity index (χ2n) is 12.2. The number of nitrogens with one attached hydrogen (secondary N) is 2. The van der Waals surface area contributed by atoms with E-state index in [1.165, 1.54) is 21.9 Å². The second-order valence-corrected chi connectivity index (χ2v) is 13.3. The summed E-state index contributed by atoms with van der Waals surface area (Å²) in [7, 11) is 0. The van der Waals surface area contributed by atoms with Gasteiger partial charge in [-0.3, -0.25) is 0 Å². The van der Waals surface area contributed by atoms with Crippen LogP contribution in [0.15, 0.2) is 5.16 Å². The van der Waals surface area contributed by atoms with E-state index < -0.39 is 22.2 Å². The number of aliphatic hydroxyl groups is 1. The zero-order chi connectivity index (χ0) is 25.5. The lowest BCUT2D eigenvalue weighted by Crippen LogP contribution is -2.61. The third-order valence-electron chi connectivity index (χ3n) is 6.88. The van der Waals surface area contributed by atoms with Crippen molar-refractivity contribution in [2.45, 2.75) is 120 Å². The molecule has 34 heavy (non-hydrogen) atoms. The van der Waals surface area contributed by atoms with Crippen molar-refractivity contribution >= 4 is 23.7 Å². The van der Waals surface area contributed by atoms with E-state index in [-0.39, 0.29) is 18.7 Å². The highest BCUT2D eigenvalue weighted by Gasteiger charge is 2.46. The van der Waals surface area contributed by atoms with Crippen LogP contribution in [0.4, 0.5) is 11.9 Å². The summed E-state index contributed by atoms with van der Waals surface area (Å²) >= 11 is 1.38. The number of hydrogen-bond acceptors (Lipinski definition) is 11. The zero-order valence-corrected chi connectivity index (χ0v) is 22.7. The van der Waals surface area contributed by atoms with Gasteiger partial charge in [0.05, 0.1) is 6.61 Å². The van der Waals surface area contributed by atoms with Crippen molar-refractivity contribution in [2.24, 2.45) is 0 Å². The van der Waals surface area contributed by atoms with Gasteiger partial charge in [-0.15, -0.1) is 0 Å². The van der Waals surface area contributed by atoms with Crippen LogP contribution < -0.4 is 10.6 Å². The molecular weight excluding hydrogens is 454 g/mol. The summed E-state index contributed by atoms with van der Waals surface area (Å²) in [6.45, 7) is 16.3. The van der Waals surface area contributed by atoms with E-state index in [9.17, 15) is 15.5 Å². The first kappa shape index (κ1) is 27.3. The summed E-state index contributed by atoms with van der Waals surface area (Å²) in [4.78, 5) is 13.9. The molecule has 0 unspecified atom stereocenters. The maximum absolute atomic E-state index is 10.6. The summed E-state index contributed by atoms with van der Waals surface area (Å²) in [5.74, 6) is 1.47. The first-order valence-electron chi connectivity index (χ1n) is 12.1. The van der Waals surface area contributed by atoms with E-state index in [4.69, 9.17) is 0 Å². The van der Waals surface area contributed by atoms with Gasteiger partial charge in [0.25, 0.3) is 0 Å². The molecule has 0 saturated carbocycles. The fraction of sp³-hybridized carbons (Fsp3) is 0.870. The average Bonchev–Trinajstić information content (AvgIpc) is 2.67. The molecule has 0 radical (unpaired) electrons. The molecule has 0 aliphatic carbocycles. The van der Waals surface area contributed by atoms with Gasteiger partial charge in [-0.25, -0.2) is 0 Å². The normalized spacial score (nSPS) is 25.3. The van der Waals surface area contributed by atoms with Crippen LogP contribution in [0.1, 0.15) is 81.1 Å². The van der Waals surface area contributed by atoms with Crippen LogP contribution in [0.25, 0.3) is 0 Å². The molecule has 3 rings (SSSR count). The Hall–Kier alpha value is -1.24. The summed E-state index contributed by atoms with van der Waals surface area (Å²) < 4.78 is 0. The molecule has 2 aliphatic heterocycles. The third-order valence-corrected chi connectivity index (χ3v) is 7.71. The van der Waals surface area contributed by atoms with E-state index >= 15 is 0 Å². The number of hydroxylamine groups is 4. The molecular formula is C23H43N7O3S. The van der Waals surface area contributed by atoms with Crippen molar-refractivity contribution in [3.8, 4) is 0 Å². The molecule has 2 fully saturated rings. The van der Waals surface area contributed by atoms with E-state index in [1.54, 1.807) is 0 Å². The van der Waals surface area contributed by atoms with E-state index in [2.05, 4.69) is 25.6 Å². The van der Waals surface area contributed by atoms with E-state index in [1.807, 2.05) is 55.4 Å². The quantitative estimate of drug-likeness (QED) is 0.354. The molecule has 0 aromatic carbocycles. The van der Waals surface area contributed by atoms with Crippen LogP contribution in [0.5, 0.6) is 0 Å². The van der Waals surface area contributed by atoms with Gasteiger partial charge in [0, 0.05) is 40.0 Å². The maximum Gasteiger partial charge on any atom is 0.228 e. The van der Waals surface area contributed by atoms with Crippen molar-refractivity contribution in [3.63, 3.8) is 0 Å². The Morgan fingerprint density at radius 3 is 1.41 bits per heavy atom. The van der Waals surface area contributed by atoms with Crippen molar-refractivity contribution in [3.05, 3.63) is 0 Å². The minimum atomic E-state index is -0.391. The first-order valence-corrected chi connectivity index (χ1v) is 13.1. The molecule has 0 bridgehead atoms. The third kappa shape index (κ3) is 6.11. The molecule has 2 saturated heterocycles. The number of piperidine rings is 2. The predicted molar refractivity (Wildman–Crippen MR) is 134 cm³/mol. The topological polar surface area (TPSA) is 130 Å². The Balaban J connectivity index is 1.83. The Morgan fingerprint density at radius 1 is 0.735 bits per heavy atom. The monoisotopic (exact) mass is 497 g/mol. The van der Waals surface area contributed by atoms with Gasteiger partial charge >= 0.3 is 0 Å². The van der Waals surface area contributed by atoms with Crippen LogP contribution in [0, 0.1) is 0 Å². The Kier molecular flexibility index (Phi) is 7.77. The lowest BCUT2D eigenvalue weighted by Gasteiger charge is -2.51. The summed E-state index contributed by atoms with van der Waals surface area (Å²) in [5.41, 5.74) is -1.57. The number of hydrogen-bond donors (Lipinski definition) is 5. The van der Waals surface area contributed by atoms with Gasteiger partial charge in [-0.05, 0) is 81.1 Å². The molecule has 0 atom stereocenters. The Morgan fingerprint density at radius 2 is 1.09 bits per heavy atom. The van der Waals surface area contributed by atoms with Gasteiger partial charge in [-0.1, -0.05) is 11.8 Å². The number of anilines is 2. The Labute approximate surface area is 207 Å². The van der Waals surface area contributed by atoms with Gasteiger partial charge in [-0.2, -0.15) is 25.1 Å². The number of aromatic nitrogens is 3. The highest BCUT2D eigenvalue weighted by molar-refractivity contribution is 7.99. The van der Waals surface area contributed by atoms with Crippen molar-refractivity contribution < 1.29 is 15.5 Å². The van der Waals surface area contributed by atoms with Crippen LogP contribution in [0.3, 0.4) is 0 Å². The average molecular weight is 498 g/mol. The molecule has 11 heteroatoms. The fourth-order valence-corrected chi connectivity index (χ4v) is 6.37. The number of aliphatic hydroxyl groups excluding tert-OH is 1. The standard InChI is InChI=1S/C23H43N7O3S/c1-20(2)11-15(12-21(3,4)29(20)32)24-17-26-18(28-19(27-17)34-10-9-31)25-16-13-22(5,6)30(33)23(7,8)14-16/h15-16,31-33H,9-14H2,1-8H3,(H2,24,25,26,27,28). The van der Waals surface area contributed by atoms with Gasteiger partial charge < -0.3 is 26.2 Å². The lowest BCUT2D eigenvalue weighted by atomic mass is 9.79. The summed E-state index contributed by atoms with van der Waals surface area (Å²) in [5, 5.41) is 41.0. The lowest BCUT2D eigenvalue weighted by molar-refractivity contribution is -0.243. The minimum absolute atomic E-state index is 0.0382. The smallest absolute Gasteiger partial charge is 0.228 e. The van der Waals surface area contributed by atoms with Crippen molar-refractivity contribution in [1.29, 1.82) is 0 Å². The number of thioether (sulfide) groups is 1. The molecule has 3 heterocycles. The minimum Gasteiger partial charge on any atom is -0.396 e. The fourth-order valence-electron chi connectivity index (χ4n) is 5.80. The van der Waals surface area contributed by atoms with Gasteiger partial charge in [0.15, 0.2) is 5.16 Å². The zero-order valence-electron chi connectivity index (χ0n) is 21.9. The second kappa shape index (κ2) is 9.67. The molecule has 194 valence electrons. The van der Waals surface area contributed by atoms with Crippen LogP contribution in [0.2, 0.25) is 0 Å². The molecule has 10 nitrogen and oxygen atoms in total. The van der Waals surface area contributed by atoms with Gasteiger partial charge in [0.1, 0.15) is 0 Å². The molecule has 2 aliphatic rings. The van der Waals surface area contributed by atoms with Crippen LogP contribution in [-0.4, -0.2) is 87.2 Å². The highest BCUT2D eigenvalue weighted by atomic mass is 32.2. The largest absolute Gasteiger partial charge is 0.396 e. The Bertz CT molecular complexity index is 767. The number of rotatable bonds is 7. The SMILES string of the molecule is CC1(C)CC(Nc2nc(NC3CC(C)(C)N(O)C(C)(C)C3)nc(SCCO)n2)CC(C)(C)N1O. The number of nitrogens with zero attached hydrogens (tertiary/aromatic N) is 5. The maximum atomic E-state index is 10.6. The summed E-state index contributed by atoms with van der Waals surface area (Å²) in [6.07, 6.45) is 2.94. The molecule has 1 aromatic rings. The first-order chi connectivity index (χ1) is 15.6. The highest BCUT2D eigenvalue weighted by Crippen LogP contribution is 2.39. The predicted octanol–water partition coefficient (Wildman–Crippen LogP) is 3.60. The molecule has 0 spiro atoms. The summed E-state index contributed by atoms with van der Waals surface area (Å²) in [6, 6.07) is 0.157. The molecule has 0 amide bonds. The van der Waals surface area contributed by atoms with Crippen molar-refractivity contribution in [1.82, 2.24) is 25.1 Å². The van der Waals surface area contributed by atoms with Crippen LogP contribution >= 0.6 is 11.8 Å². The van der Waals surface area contributed by atoms with E-state index in [0.29, 0.717) is 22.8 Å². The van der Waals surface area contributed by atoms with E-state index in [0.717, 1.165) is 25.7 Å². The van der Waals surface area contributed by atoms with Gasteiger partial charge in [0.2, 0.25) is 11.9 Å². The molecule has 5 N–H and O–H groups in total.